The van der Waals surface area contributed by atoms with Gasteiger partial charge in [-0.3, -0.25) is 4.90 Å². The molecule has 0 unspecified atom stereocenters. The highest BCUT2D eigenvalue weighted by molar-refractivity contribution is 7.88. The van der Waals surface area contributed by atoms with Crippen molar-refractivity contribution < 1.29 is 13.2 Å². The summed E-state index contributed by atoms with van der Waals surface area (Å²) in [5, 5.41) is 0. The van der Waals surface area contributed by atoms with Crippen LogP contribution in [0.1, 0.15) is 75.8 Å². The summed E-state index contributed by atoms with van der Waals surface area (Å²) in [6.45, 7) is 5.82. The Labute approximate surface area is 212 Å². The standard InChI is InChI=1S/C29H42N2O3S/c1-4-29(5-2)20-27(30-35(3,32)33)28(31(29)21-23-12-8-6-9-13-23)22-34-26-18-16-25(17-19-26)24-14-10-7-11-15-24/h6-15,25-28,30H,4-5,16-22H2,1-3H3/t25-,26+,27-,28-/m1/s1. The first-order chi connectivity index (χ1) is 16.8. The molecule has 0 aromatic heterocycles. The van der Waals surface area contributed by atoms with Gasteiger partial charge in [-0.05, 0) is 62.0 Å². The molecule has 0 bridgehead atoms. The molecule has 35 heavy (non-hydrogen) atoms. The highest BCUT2D eigenvalue weighted by Gasteiger charge is 2.50. The molecule has 1 N–H and O–H groups in total. The van der Waals surface area contributed by atoms with E-state index in [0.717, 1.165) is 51.5 Å². The van der Waals surface area contributed by atoms with E-state index >= 15 is 0 Å². The van der Waals surface area contributed by atoms with Crippen LogP contribution < -0.4 is 4.72 Å². The molecule has 6 heteroatoms. The van der Waals surface area contributed by atoms with Gasteiger partial charge in [0.05, 0.1) is 25.0 Å². The van der Waals surface area contributed by atoms with Gasteiger partial charge in [-0.1, -0.05) is 74.5 Å². The van der Waals surface area contributed by atoms with E-state index in [-0.39, 0.29) is 23.7 Å². The molecule has 1 aliphatic carbocycles. The molecule has 1 saturated heterocycles. The monoisotopic (exact) mass is 498 g/mol. The highest BCUT2D eigenvalue weighted by Crippen LogP contribution is 2.42. The Bertz CT molecular complexity index is 1020. The second kappa shape index (κ2) is 11.5. The van der Waals surface area contributed by atoms with Crippen LogP contribution >= 0.6 is 0 Å². The number of hydrogen-bond acceptors (Lipinski definition) is 4. The summed E-state index contributed by atoms with van der Waals surface area (Å²) >= 11 is 0. The molecule has 192 valence electrons. The predicted molar refractivity (Wildman–Crippen MR) is 143 cm³/mol. The van der Waals surface area contributed by atoms with Gasteiger partial charge in [-0.25, -0.2) is 13.1 Å². The highest BCUT2D eigenvalue weighted by atomic mass is 32.2. The van der Waals surface area contributed by atoms with Crippen LogP contribution in [0.4, 0.5) is 0 Å². The summed E-state index contributed by atoms with van der Waals surface area (Å²) < 4.78 is 34.1. The van der Waals surface area contributed by atoms with E-state index in [0.29, 0.717) is 12.5 Å². The Morgan fingerprint density at radius 1 is 0.943 bits per heavy atom. The predicted octanol–water partition coefficient (Wildman–Crippen LogP) is 5.48. The number of benzene rings is 2. The lowest BCUT2D eigenvalue weighted by Crippen LogP contribution is -2.50. The zero-order valence-corrected chi connectivity index (χ0v) is 22.3. The summed E-state index contributed by atoms with van der Waals surface area (Å²) in [6.07, 6.45) is 8.70. The molecule has 0 spiro atoms. The Hall–Kier alpha value is -1.73. The maximum absolute atomic E-state index is 12.3. The second-order valence-electron chi connectivity index (χ2n) is 10.5. The molecule has 2 aliphatic rings. The van der Waals surface area contributed by atoms with Gasteiger partial charge in [0.15, 0.2) is 0 Å². The molecular weight excluding hydrogens is 456 g/mol. The summed E-state index contributed by atoms with van der Waals surface area (Å²) in [5.41, 5.74) is 2.65. The van der Waals surface area contributed by atoms with Crippen LogP contribution in [0.3, 0.4) is 0 Å². The van der Waals surface area contributed by atoms with Gasteiger partial charge >= 0.3 is 0 Å². The van der Waals surface area contributed by atoms with Crippen LogP contribution in [0.2, 0.25) is 0 Å². The molecule has 2 fully saturated rings. The lowest BCUT2D eigenvalue weighted by molar-refractivity contribution is -0.0255. The van der Waals surface area contributed by atoms with E-state index < -0.39 is 10.0 Å². The van der Waals surface area contributed by atoms with Crippen molar-refractivity contribution in [1.82, 2.24) is 9.62 Å². The number of hydrogen-bond donors (Lipinski definition) is 1. The third-order valence-corrected chi connectivity index (χ3v) is 9.13. The van der Waals surface area contributed by atoms with E-state index in [9.17, 15) is 8.42 Å². The molecule has 2 aromatic rings. The lowest BCUT2D eigenvalue weighted by Gasteiger charge is -2.41. The maximum Gasteiger partial charge on any atom is 0.209 e. The van der Waals surface area contributed by atoms with Crippen molar-refractivity contribution in [3.05, 3.63) is 71.8 Å². The molecule has 2 aromatic carbocycles. The van der Waals surface area contributed by atoms with E-state index in [4.69, 9.17) is 4.74 Å². The molecule has 4 rings (SSSR count). The summed E-state index contributed by atoms with van der Waals surface area (Å²) in [7, 11) is -3.32. The first kappa shape index (κ1) is 26.3. The Morgan fingerprint density at radius 2 is 1.54 bits per heavy atom. The van der Waals surface area contributed by atoms with Crippen molar-refractivity contribution in [2.75, 3.05) is 12.9 Å². The number of ether oxygens (including phenoxy) is 1. The fourth-order valence-corrected chi connectivity index (χ4v) is 7.16. The molecule has 0 radical (unpaired) electrons. The zero-order valence-electron chi connectivity index (χ0n) is 21.5. The number of sulfonamides is 1. The number of nitrogens with zero attached hydrogens (tertiary/aromatic N) is 1. The second-order valence-corrected chi connectivity index (χ2v) is 12.3. The van der Waals surface area contributed by atoms with Crippen LogP contribution in [-0.2, 0) is 21.3 Å². The van der Waals surface area contributed by atoms with Crippen LogP contribution in [0.25, 0.3) is 0 Å². The lowest BCUT2D eigenvalue weighted by atomic mass is 9.83. The Morgan fingerprint density at radius 3 is 2.11 bits per heavy atom. The Balaban J connectivity index is 1.48. The number of rotatable bonds is 10. The quantitative estimate of drug-likeness (QED) is 0.471. The number of nitrogens with one attached hydrogen (secondary N) is 1. The normalized spacial score (nSPS) is 27.2. The first-order valence-corrected chi connectivity index (χ1v) is 15.2. The fourth-order valence-electron chi connectivity index (χ4n) is 6.37. The van der Waals surface area contributed by atoms with Gasteiger partial charge in [0.2, 0.25) is 10.0 Å². The summed E-state index contributed by atoms with van der Waals surface area (Å²) in [4.78, 5) is 2.54. The van der Waals surface area contributed by atoms with Crippen molar-refractivity contribution in [1.29, 1.82) is 0 Å². The van der Waals surface area contributed by atoms with Crippen molar-refractivity contribution in [2.45, 2.75) is 95.0 Å². The van der Waals surface area contributed by atoms with Gasteiger partial charge < -0.3 is 4.74 Å². The molecule has 1 aliphatic heterocycles. The third kappa shape index (κ3) is 6.53. The smallest absolute Gasteiger partial charge is 0.209 e. The molecule has 5 nitrogen and oxygen atoms in total. The SMILES string of the molecule is CCC1(CC)C[C@@H](NS(C)(=O)=O)[C@@H](CO[C@H]2CC[C@@H](c3ccccc3)CC2)N1Cc1ccccc1. The van der Waals surface area contributed by atoms with E-state index in [1.165, 1.54) is 17.4 Å². The van der Waals surface area contributed by atoms with Gasteiger partial charge in [-0.2, -0.15) is 0 Å². The van der Waals surface area contributed by atoms with Crippen molar-refractivity contribution >= 4 is 10.0 Å². The molecule has 1 heterocycles. The molecule has 1 saturated carbocycles. The van der Waals surface area contributed by atoms with E-state index in [2.05, 4.69) is 78.1 Å². The molecule has 2 atom stereocenters. The minimum absolute atomic E-state index is 0.0108. The van der Waals surface area contributed by atoms with Crippen LogP contribution in [0, 0.1) is 0 Å². The van der Waals surface area contributed by atoms with Crippen molar-refractivity contribution in [3.63, 3.8) is 0 Å². The molecule has 0 amide bonds. The average molecular weight is 499 g/mol. The largest absolute Gasteiger partial charge is 0.377 e. The minimum atomic E-state index is -3.32. The van der Waals surface area contributed by atoms with Gasteiger partial charge in [-0.15, -0.1) is 0 Å². The van der Waals surface area contributed by atoms with Crippen molar-refractivity contribution in [2.24, 2.45) is 0 Å². The fraction of sp³-hybridized carbons (Fsp3) is 0.586. The van der Waals surface area contributed by atoms with Gasteiger partial charge in [0.25, 0.3) is 0 Å². The minimum Gasteiger partial charge on any atom is -0.377 e. The zero-order chi connectivity index (χ0) is 24.9. The van der Waals surface area contributed by atoms with E-state index in [1.54, 1.807) is 0 Å². The third-order valence-electron chi connectivity index (χ3n) is 8.40. The topological polar surface area (TPSA) is 58.6 Å². The van der Waals surface area contributed by atoms with Crippen LogP contribution in [0.5, 0.6) is 0 Å². The van der Waals surface area contributed by atoms with Crippen LogP contribution in [-0.4, -0.2) is 49.9 Å². The maximum atomic E-state index is 12.3. The summed E-state index contributed by atoms with van der Waals surface area (Å²) in [6, 6.07) is 21.2. The average Bonchev–Trinajstić information content (AvgIpc) is 3.15. The molecular formula is C29H42N2O3S. The first-order valence-electron chi connectivity index (χ1n) is 13.3. The number of likely N-dealkylation sites (tertiary alicyclic amines) is 1. The van der Waals surface area contributed by atoms with Crippen molar-refractivity contribution in [3.8, 4) is 0 Å². The summed E-state index contributed by atoms with van der Waals surface area (Å²) in [5.74, 6) is 0.615. The van der Waals surface area contributed by atoms with E-state index in [1.807, 2.05) is 6.07 Å². The Kier molecular flexibility index (Phi) is 8.69. The van der Waals surface area contributed by atoms with Gasteiger partial charge in [0, 0.05) is 18.1 Å². The van der Waals surface area contributed by atoms with Gasteiger partial charge in [0.1, 0.15) is 0 Å². The van der Waals surface area contributed by atoms with Crippen LogP contribution in [0.15, 0.2) is 60.7 Å².